The third kappa shape index (κ3) is 2.38. The first-order chi connectivity index (χ1) is 11.7. The summed E-state index contributed by atoms with van der Waals surface area (Å²) in [5.74, 6) is 4.37. The molecule has 0 radical (unpaired) electrons. The maximum absolute atomic E-state index is 13.1. The molecule has 3 aliphatic carbocycles. The van der Waals surface area contributed by atoms with Crippen LogP contribution in [-0.4, -0.2) is 38.2 Å². The zero-order valence-electron chi connectivity index (χ0n) is 14.2. The van der Waals surface area contributed by atoms with Crippen molar-refractivity contribution in [2.24, 2.45) is 23.5 Å². The lowest BCUT2D eigenvalue weighted by Gasteiger charge is -2.44. The molecule has 2 bridgehead atoms. The first-order valence-corrected chi connectivity index (χ1v) is 9.67. The van der Waals surface area contributed by atoms with E-state index < -0.39 is 0 Å². The van der Waals surface area contributed by atoms with Gasteiger partial charge in [-0.15, -0.1) is 10.2 Å². The highest BCUT2D eigenvalue weighted by Crippen LogP contribution is 2.43. The highest BCUT2D eigenvalue weighted by molar-refractivity contribution is 5.79. The van der Waals surface area contributed by atoms with Crippen molar-refractivity contribution in [3.05, 3.63) is 11.6 Å². The standard InChI is InChI=1S/C18H27N5O/c19-16-12-2-1-3-13(16)9-14(8-12)18(24)22-6-7-23-15(10-22)20-21-17(23)11-4-5-11/h11-14,16H,1-10,19H2. The van der Waals surface area contributed by atoms with Crippen LogP contribution in [0.5, 0.6) is 0 Å². The van der Waals surface area contributed by atoms with Crippen LogP contribution < -0.4 is 5.73 Å². The summed E-state index contributed by atoms with van der Waals surface area (Å²) in [6.45, 7) is 2.30. The van der Waals surface area contributed by atoms with E-state index >= 15 is 0 Å². The fraction of sp³-hybridized carbons (Fsp3) is 0.833. The molecule has 130 valence electrons. The van der Waals surface area contributed by atoms with E-state index in [1.807, 2.05) is 4.90 Å². The molecule has 2 unspecified atom stereocenters. The zero-order valence-corrected chi connectivity index (χ0v) is 14.2. The molecule has 0 spiro atoms. The molecule has 4 aliphatic rings. The molecule has 2 atom stereocenters. The summed E-state index contributed by atoms with van der Waals surface area (Å²) in [5.41, 5.74) is 6.38. The fourth-order valence-electron chi connectivity index (χ4n) is 5.26. The van der Waals surface area contributed by atoms with Crippen LogP contribution in [0.1, 0.15) is 62.5 Å². The van der Waals surface area contributed by atoms with Crippen molar-refractivity contribution in [2.75, 3.05) is 6.54 Å². The van der Waals surface area contributed by atoms with E-state index in [4.69, 9.17) is 5.73 Å². The van der Waals surface area contributed by atoms with Crippen LogP contribution in [0, 0.1) is 17.8 Å². The van der Waals surface area contributed by atoms with Gasteiger partial charge in [-0.2, -0.15) is 0 Å². The van der Waals surface area contributed by atoms with E-state index in [0.717, 1.165) is 37.6 Å². The van der Waals surface area contributed by atoms with Gasteiger partial charge in [0.15, 0.2) is 5.82 Å². The molecule has 24 heavy (non-hydrogen) atoms. The largest absolute Gasteiger partial charge is 0.333 e. The van der Waals surface area contributed by atoms with Gasteiger partial charge in [0.1, 0.15) is 5.82 Å². The van der Waals surface area contributed by atoms with Crippen molar-refractivity contribution in [3.63, 3.8) is 0 Å². The quantitative estimate of drug-likeness (QED) is 0.895. The molecular formula is C18H27N5O. The number of amides is 1. The van der Waals surface area contributed by atoms with Crippen molar-refractivity contribution in [3.8, 4) is 0 Å². The van der Waals surface area contributed by atoms with E-state index in [0.29, 0.717) is 36.2 Å². The average Bonchev–Trinajstić information content (AvgIpc) is 3.33. The van der Waals surface area contributed by atoms with Crippen LogP contribution >= 0.6 is 0 Å². The van der Waals surface area contributed by atoms with Gasteiger partial charge in [0.2, 0.25) is 5.91 Å². The average molecular weight is 329 g/mol. The Bertz CT molecular complexity index is 638. The maximum Gasteiger partial charge on any atom is 0.226 e. The van der Waals surface area contributed by atoms with Crippen LogP contribution in [0.4, 0.5) is 0 Å². The number of rotatable bonds is 2. The van der Waals surface area contributed by atoms with Gasteiger partial charge < -0.3 is 15.2 Å². The van der Waals surface area contributed by atoms with Gasteiger partial charge in [-0.25, -0.2) is 0 Å². The number of hydrogen-bond acceptors (Lipinski definition) is 4. The maximum atomic E-state index is 13.1. The van der Waals surface area contributed by atoms with Gasteiger partial charge >= 0.3 is 0 Å². The first kappa shape index (κ1) is 14.9. The molecular weight excluding hydrogens is 302 g/mol. The molecule has 1 aromatic rings. The Morgan fingerprint density at radius 3 is 2.50 bits per heavy atom. The molecule has 6 nitrogen and oxygen atoms in total. The van der Waals surface area contributed by atoms with E-state index in [1.54, 1.807) is 0 Å². The molecule has 0 aromatic carbocycles. The number of nitrogens with zero attached hydrogens (tertiary/aromatic N) is 4. The monoisotopic (exact) mass is 329 g/mol. The minimum absolute atomic E-state index is 0.178. The summed E-state index contributed by atoms with van der Waals surface area (Å²) in [6, 6.07) is 0.327. The summed E-state index contributed by atoms with van der Waals surface area (Å²) >= 11 is 0. The Hall–Kier alpha value is -1.43. The predicted octanol–water partition coefficient (Wildman–Crippen LogP) is 1.65. The highest BCUT2D eigenvalue weighted by atomic mass is 16.2. The van der Waals surface area contributed by atoms with Crippen LogP contribution in [0.15, 0.2) is 0 Å². The van der Waals surface area contributed by atoms with E-state index in [2.05, 4.69) is 14.8 Å². The highest BCUT2D eigenvalue weighted by Gasteiger charge is 2.42. The third-order valence-electron chi connectivity index (χ3n) is 6.80. The van der Waals surface area contributed by atoms with E-state index in [-0.39, 0.29) is 5.92 Å². The molecule has 3 fully saturated rings. The summed E-state index contributed by atoms with van der Waals surface area (Å²) in [5, 5.41) is 8.75. The summed E-state index contributed by atoms with van der Waals surface area (Å²) < 4.78 is 2.26. The second-order valence-electron chi connectivity index (χ2n) is 8.36. The number of carbonyl (C=O) groups is 1. The second kappa shape index (κ2) is 5.55. The Labute approximate surface area is 142 Å². The lowest BCUT2D eigenvalue weighted by atomic mass is 9.65. The SMILES string of the molecule is NC1C2CCCC1CC(C(=O)N1CCn3c(nnc3C3CC3)C1)C2. The lowest BCUT2D eigenvalue weighted by Crippen LogP contribution is -2.50. The van der Waals surface area contributed by atoms with Crippen molar-refractivity contribution in [1.29, 1.82) is 0 Å². The molecule has 3 saturated carbocycles. The Kier molecular flexibility index (Phi) is 3.44. The number of hydrogen-bond donors (Lipinski definition) is 1. The van der Waals surface area contributed by atoms with Crippen molar-refractivity contribution in [2.45, 2.75) is 70.0 Å². The molecule has 0 saturated heterocycles. The van der Waals surface area contributed by atoms with E-state index in [1.165, 1.54) is 32.1 Å². The number of aromatic nitrogens is 3. The normalized spacial score (nSPS) is 35.6. The number of fused-ring (bicyclic) bond motifs is 3. The third-order valence-corrected chi connectivity index (χ3v) is 6.80. The lowest BCUT2D eigenvalue weighted by molar-refractivity contribution is -0.140. The molecule has 5 rings (SSSR count). The van der Waals surface area contributed by atoms with Crippen molar-refractivity contribution in [1.82, 2.24) is 19.7 Å². The van der Waals surface area contributed by atoms with Gasteiger partial charge in [0.25, 0.3) is 0 Å². The Morgan fingerprint density at radius 1 is 1.04 bits per heavy atom. The van der Waals surface area contributed by atoms with Gasteiger partial charge in [-0.1, -0.05) is 6.42 Å². The van der Waals surface area contributed by atoms with Crippen molar-refractivity contribution >= 4 is 5.91 Å². The molecule has 1 aromatic heterocycles. The minimum atomic E-state index is 0.178. The molecule has 6 heteroatoms. The molecule has 1 amide bonds. The molecule has 2 N–H and O–H groups in total. The smallest absolute Gasteiger partial charge is 0.226 e. The number of nitrogens with two attached hydrogens (primary N) is 1. The van der Waals surface area contributed by atoms with Crippen LogP contribution in [-0.2, 0) is 17.9 Å². The zero-order chi connectivity index (χ0) is 16.3. The predicted molar refractivity (Wildman–Crippen MR) is 88.9 cm³/mol. The second-order valence-corrected chi connectivity index (χ2v) is 8.36. The first-order valence-electron chi connectivity index (χ1n) is 9.67. The Balaban J connectivity index is 1.29. The number of carbonyl (C=O) groups excluding carboxylic acids is 1. The van der Waals surface area contributed by atoms with E-state index in [9.17, 15) is 4.79 Å². The topological polar surface area (TPSA) is 77.0 Å². The summed E-state index contributed by atoms with van der Waals surface area (Å²) in [7, 11) is 0. The van der Waals surface area contributed by atoms with Crippen LogP contribution in [0.2, 0.25) is 0 Å². The van der Waals surface area contributed by atoms with Crippen molar-refractivity contribution < 1.29 is 4.79 Å². The fourth-order valence-corrected chi connectivity index (χ4v) is 5.26. The minimum Gasteiger partial charge on any atom is -0.333 e. The summed E-state index contributed by atoms with van der Waals surface area (Å²) in [6.07, 6.45) is 8.18. The molecule has 1 aliphatic heterocycles. The van der Waals surface area contributed by atoms with Crippen LogP contribution in [0.25, 0.3) is 0 Å². The Morgan fingerprint density at radius 2 is 1.79 bits per heavy atom. The van der Waals surface area contributed by atoms with Crippen LogP contribution in [0.3, 0.4) is 0 Å². The van der Waals surface area contributed by atoms with Gasteiger partial charge in [-0.3, -0.25) is 4.79 Å². The van der Waals surface area contributed by atoms with Gasteiger partial charge in [-0.05, 0) is 50.4 Å². The van der Waals surface area contributed by atoms with Gasteiger partial charge in [0, 0.05) is 31.0 Å². The van der Waals surface area contributed by atoms with Gasteiger partial charge in [0.05, 0.1) is 6.54 Å². The summed E-state index contributed by atoms with van der Waals surface area (Å²) in [4.78, 5) is 15.1. The molecule has 2 heterocycles.